The van der Waals surface area contributed by atoms with Crippen LogP contribution in [-0.4, -0.2) is 13.2 Å². The number of ether oxygens (including phenoxy) is 1. The Balaban J connectivity index is 2.08. The molecule has 12 heavy (non-hydrogen) atoms. The van der Waals surface area contributed by atoms with Crippen molar-refractivity contribution in [3.63, 3.8) is 0 Å². The number of nitrogens with two attached hydrogens (primary N) is 1. The van der Waals surface area contributed by atoms with Crippen LogP contribution in [0, 0.1) is 5.92 Å². The third-order valence-electron chi connectivity index (χ3n) is 2.36. The Hall–Kier alpha value is -0.860. The van der Waals surface area contributed by atoms with Gasteiger partial charge >= 0.3 is 0 Å². The summed E-state index contributed by atoms with van der Waals surface area (Å²) in [6.07, 6.45) is 0. The van der Waals surface area contributed by atoms with E-state index in [1.165, 1.54) is 5.56 Å². The lowest BCUT2D eigenvalue weighted by molar-refractivity contribution is -0.0441. The molecule has 1 atom stereocenters. The van der Waals surface area contributed by atoms with Crippen molar-refractivity contribution in [1.29, 1.82) is 0 Å². The number of rotatable bonds is 2. The van der Waals surface area contributed by atoms with E-state index in [2.05, 4.69) is 12.1 Å². The Morgan fingerprint density at radius 3 is 2.42 bits per heavy atom. The lowest BCUT2D eigenvalue weighted by atomic mass is 9.93. The lowest BCUT2D eigenvalue weighted by Gasteiger charge is -2.31. The van der Waals surface area contributed by atoms with Crippen LogP contribution in [0.5, 0.6) is 0 Å². The largest absolute Gasteiger partial charge is 0.381 e. The van der Waals surface area contributed by atoms with Crippen LogP contribution in [0.3, 0.4) is 0 Å². The minimum absolute atomic E-state index is 0.153. The molecular weight excluding hydrogens is 150 g/mol. The highest BCUT2D eigenvalue weighted by molar-refractivity contribution is 5.19. The van der Waals surface area contributed by atoms with Gasteiger partial charge in [-0.25, -0.2) is 0 Å². The second kappa shape index (κ2) is 3.25. The Morgan fingerprint density at radius 2 is 1.92 bits per heavy atom. The Morgan fingerprint density at radius 1 is 1.25 bits per heavy atom. The van der Waals surface area contributed by atoms with Gasteiger partial charge in [0.25, 0.3) is 0 Å². The van der Waals surface area contributed by atoms with Crippen LogP contribution in [0.25, 0.3) is 0 Å². The van der Waals surface area contributed by atoms with Gasteiger partial charge in [0, 0.05) is 12.0 Å². The molecule has 0 aliphatic carbocycles. The van der Waals surface area contributed by atoms with Crippen molar-refractivity contribution in [3.05, 3.63) is 35.9 Å². The van der Waals surface area contributed by atoms with Crippen LogP contribution in [0.4, 0.5) is 0 Å². The lowest BCUT2D eigenvalue weighted by Crippen LogP contribution is -2.37. The van der Waals surface area contributed by atoms with Crippen molar-refractivity contribution >= 4 is 0 Å². The zero-order chi connectivity index (χ0) is 8.39. The summed E-state index contributed by atoms with van der Waals surface area (Å²) in [6.45, 7) is 1.63. The molecule has 1 aromatic carbocycles. The molecule has 1 aromatic rings. The fourth-order valence-electron chi connectivity index (χ4n) is 1.41. The summed E-state index contributed by atoms with van der Waals surface area (Å²) in [5, 5.41) is 0. The normalized spacial score (nSPS) is 20.1. The molecule has 2 nitrogen and oxygen atoms in total. The topological polar surface area (TPSA) is 35.2 Å². The summed E-state index contributed by atoms with van der Waals surface area (Å²) in [4.78, 5) is 0. The SMILES string of the molecule is NC(c1ccccc1)C1COC1. The van der Waals surface area contributed by atoms with Crippen LogP contribution in [0.1, 0.15) is 11.6 Å². The molecular formula is C10H13NO. The maximum atomic E-state index is 6.02. The van der Waals surface area contributed by atoms with E-state index in [1.807, 2.05) is 18.2 Å². The first-order valence-corrected chi connectivity index (χ1v) is 4.26. The molecule has 1 unspecified atom stereocenters. The van der Waals surface area contributed by atoms with Gasteiger partial charge < -0.3 is 10.5 Å². The summed E-state index contributed by atoms with van der Waals surface area (Å²) in [5.74, 6) is 0.521. The minimum Gasteiger partial charge on any atom is -0.381 e. The van der Waals surface area contributed by atoms with E-state index in [9.17, 15) is 0 Å². The molecule has 1 saturated heterocycles. The summed E-state index contributed by atoms with van der Waals surface area (Å²) < 4.78 is 5.10. The van der Waals surface area contributed by atoms with Gasteiger partial charge in [-0.2, -0.15) is 0 Å². The van der Waals surface area contributed by atoms with Crippen LogP contribution >= 0.6 is 0 Å². The quantitative estimate of drug-likeness (QED) is 0.714. The van der Waals surface area contributed by atoms with Crippen molar-refractivity contribution in [2.45, 2.75) is 6.04 Å². The molecule has 2 N–H and O–H groups in total. The fraction of sp³-hybridized carbons (Fsp3) is 0.400. The van der Waals surface area contributed by atoms with E-state index < -0.39 is 0 Å². The van der Waals surface area contributed by atoms with Crippen molar-refractivity contribution in [2.75, 3.05) is 13.2 Å². The van der Waals surface area contributed by atoms with Gasteiger partial charge in [0.05, 0.1) is 13.2 Å². The predicted octanol–water partition coefficient (Wildman–Crippen LogP) is 1.33. The second-order valence-corrected chi connectivity index (χ2v) is 3.23. The fourth-order valence-corrected chi connectivity index (χ4v) is 1.41. The summed E-state index contributed by atoms with van der Waals surface area (Å²) >= 11 is 0. The van der Waals surface area contributed by atoms with Crippen LogP contribution in [0.15, 0.2) is 30.3 Å². The number of hydrogen-bond acceptors (Lipinski definition) is 2. The maximum absolute atomic E-state index is 6.02. The summed E-state index contributed by atoms with van der Waals surface area (Å²) in [7, 11) is 0. The van der Waals surface area contributed by atoms with E-state index in [0.717, 1.165) is 13.2 Å². The molecule has 0 radical (unpaired) electrons. The third-order valence-corrected chi connectivity index (χ3v) is 2.36. The van der Waals surface area contributed by atoms with Gasteiger partial charge in [-0.05, 0) is 5.56 Å². The van der Waals surface area contributed by atoms with Gasteiger partial charge in [-0.15, -0.1) is 0 Å². The molecule has 1 aliphatic rings. The first-order chi connectivity index (χ1) is 5.88. The Kier molecular flexibility index (Phi) is 2.11. The van der Waals surface area contributed by atoms with Gasteiger partial charge in [-0.1, -0.05) is 30.3 Å². The third kappa shape index (κ3) is 1.36. The average Bonchev–Trinajstić information content (AvgIpc) is 2.03. The molecule has 0 saturated carbocycles. The molecule has 2 rings (SSSR count). The number of benzene rings is 1. The average molecular weight is 163 g/mol. The van der Waals surface area contributed by atoms with Crippen LogP contribution in [-0.2, 0) is 4.74 Å². The Bertz CT molecular complexity index is 243. The smallest absolute Gasteiger partial charge is 0.0534 e. The predicted molar refractivity (Wildman–Crippen MR) is 47.7 cm³/mol. The standard InChI is InChI=1S/C10H13NO/c11-10(9-6-12-7-9)8-4-2-1-3-5-8/h1-5,9-10H,6-7,11H2. The summed E-state index contributed by atoms with van der Waals surface area (Å²) in [5.41, 5.74) is 7.23. The molecule has 1 heterocycles. The first-order valence-electron chi connectivity index (χ1n) is 4.26. The van der Waals surface area contributed by atoms with Gasteiger partial charge in [0.2, 0.25) is 0 Å². The van der Waals surface area contributed by atoms with E-state index >= 15 is 0 Å². The van der Waals surface area contributed by atoms with E-state index in [4.69, 9.17) is 10.5 Å². The first kappa shape index (κ1) is 7.77. The zero-order valence-electron chi connectivity index (χ0n) is 6.94. The zero-order valence-corrected chi connectivity index (χ0v) is 6.94. The summed E-state index contributed by atoms with van der Waals surface area (Å²) in [6, 6.07) is 10.4. The molecule has 0 aromatic heterocycles. The van der Waals surface area contributed by atoms with E-state index in [-0.39, 0.29) is 6.04 Å². The number of hydrogen-bond donors (Lipinski definition) is 1. The van der Waals surface area contributed by atoms with Gasteiger partial charge in [-0.3, -0.25) is 0 Å². The molecule has 1 aliphatic heterocycles. The maximum Gasteiger partial charge on any atom is 0.0534 e. The van der Waals surface area contributed by atoms with E-state index in [0.29, 0.717) is 5.92 Å². The minimum atomic E-state index is 0.153. The molecule has 2 heteroatoms. The molecule has 64 valence electrons. The molecule has 0 amide bonds. The molecule has 0 spiro atoms. The highest BCUT2D eigenvalue weighted by Gasteiger charge is 2.26. The van der Waals surface area contributed by atoms with E-state index in [1.54, 1.807) is 0 Å². The van der Waals surface area contributed by atoms with Gasteiger partial charge in [0.1, 0.15) is 0 Å². The monoisotopic (exact) mass is 163 g/mol. The van der Waals surface area contributed by atoms with Crippen molar-refractivity contribution in [1.82, 2.24) is 0 Å². The highest BCUT2D eigenvalue weighted by Crippen LogP contribution is 2.25. The molecule has 0 bridgehead atoms. The van der Waals surface area contributed by atoms with Crippen molar-refractivity contribution in [3.8, 4) is 0 Å². The molecule has 1 fully saturated rings. The van der Waals surface area contributed by atoms with Gasteiger partial charge in [0.15, 0.2) is 0 Å². The second-order valence-electron chi connectivity index (χ2n) is 3.23. The van der Waals surface area contributed by atoms with Crippen molar-refractivity contribution < 1.29 is 4.74 Å². The van der Waals surface area contributed by atoms with Crippen LogP contribution < -0.4 is 5.73 Å². The van der Waals surface area contributed by atoms with Crippen molar-refractivity contribution in [2.24, 2.45) is 11.7 Å². The van der Waals surface area contributed by atoms with Crippen LogP contribution in [0.2, 0.25) is 0 Å². The Labute approximate surface area is 72.3 Å². The highest BCUT2D eigenvalue weighted by atomic mass is 16.5.